The van der Waals surface area contributed by atoms with Crippen LogP contribution in [-0.4, -0.2) is 0 Å². The Morgan fingerprint density at radius 3 is 2.08 bits per heavy atom. The molecule has 2 aromatic rings. The van der Waals surface area contributed by atoms with Crippen molar-refractivity contribution in [2.45, 2.75) is 70.6 Å². The highest BCUT2D eigenvalue weighted by Crippen LogP contribution is 2.44. The van der Waals surface area contributed by atoms with Crippen LogP contribution in [0.15, 0.2) is 18.2 Å². The van der Waals surface area contributed by atoms with Gasteiger partial charge in [-0.2, -0.15) is 0 Å². The highest BCUT2D eigenvalue weighted by atomic mass is 19.2. The molecule has 0 unspecified atom stereocenters. The molecule has 0 atom stereocenters. The molecular formula is C23H27F3. The Morgan fingerprint density at radius 1 is 0.731 bits per heavy atom. The minimum absolute atomic E-state index is 0.0538. The fourth-order valence-corrected chi connectivity index (χ4v) is 5.31. The van der Waals surface area contributed by atoms with Crippen molar-refractivity contribution in [1.29, 1.82) is 0 Å². The normalized spacial score (nSPS) is 24.9. The van der Waals surface area contributed by atoms with Crippen LogP contribution in [0.2, 0.25) is 0 Å². The molecule has 0 aliphatic heterocycles. The first-order valence-electron chi connectivity index (χ1n) is 10.1. The average molecular weight is 360 g/mol. The lowest BCUT2D eigenvalue weighted by molar-refractivity contribution is 0.185. The van der Waals surface area contributed by atoms with Crippen molar-refractivity contribution >= 4 is 10.8 Å². The number of fused-ring (bicyclic) bond motifs is 1. The van der Waals surface area contributed by atoms with Gasteiger partial charge in [-0.1, -0.05) is 44.2 Å². The predicted octanol–water partition coefficient (Wildman–Crippen LogP) is 7.42. The largest absolute Gasteiger partial charge is 0.206 e. The minimum Gasteiger partial charge on any atom is -0.206 e. The number of hydrogen-bond donors (Lipinski definition) is 0. The zero-order chi connectivity index (χ0) is 18.3. The molecule has 0 aromatic heterocycles. The van der Waals surface area contributed by atoms with Gasteiger partial charge in [0.2, 0.25) is 0 Å². The van der Waals surface area contributed by atoms with E-state index < -0.39 is 17.5 Å². The molecule has 2 aromatic carbocycles. The summed E-state index contributed by atoms with van der Waals surface area (Å²) in [4.78, 5) is 0. The van der Waals surface area contributed by atoms with Gasteiger partial charge in [0, 0.05) is 0 Å². The Morgan fingerprint density at radius 2 is 1.38 bits per heavy atom. The van der Waals surface area contributed by atoms with Crippen molar-refractivity contribution in [2.75, 3.05) is 0 Å². The van der Waals surface area contributed by atoms with Crippen LogP contribution in [0.25, 0.3) is 10.8 Å². The van der Waals surface area contributed by atoms with Gasteiger partial charge in [-0.05, 0) is 72.9 Å². The maximum absolute atomic E-state index is 14.7. The van der Waals surface area contributed by atoms with E-state index in [-0.39, 0.29) is 11.3 Å². The van der Waals surface area contributed by atoms with Crippen molar-refractivity contribution < 1.29 is 13.2 Å². The van der Waals surface area contributed by atoms with Gasteiger partial charge in [-0.3, -0.25) is 0 Å². The summed E-state index contributed by atoms with van der Waals surface area (Å²) in [5.74, 6) is -0.874. The number of rotatable bonds is 2. The fraction of sp³-hybridized carbons (Fsp3) is 0.565. The summed E-state index contributed by atoms with van der Waals surface area (Å²) >= 11 is 0. The molecule has 0 N–H and O–H groups in total. The maximum Gasteiger partial charge on any atom is 0.169 e. The molecule has 0 heterocycles. The molecule has 2 aliphatic carbocycles. The lowest BCUT2D eigenvalue weighted by atomic mass is 9.70. The molecule has 140 valence electrons. The molecule has 3 heteroatoms. The van der Waals surface area contributed by atoms with E-state index in [9.17, 15) is 13.2 Å². The number of benzene rings is 2. The van der Waals surface area contributed by atoms with Gasteiger partial charge in [0.1, 0.15) is 5.82 Å². The van der Waals surface area contributed by atoms with Gasteiger partial charge in [0.25, 0.3) is 0 Å². The number of hydrogen-bond acceptors (Lipinski definition) is 0. The molecule has 0 saturated heterocycles. The SMILES string of the molecule is Cc1ccc2cc(C3CCC(C4CCCCC4)CC3)c(F)c(F)c2c1F. The molecule has 26 heavy (non-hydrogen) atoms. The van der Waals surface area contributed by atoms with Crippen LogP contribution in [0.5, 0.6) is 0 Å². The second kappa shape index (κ2) is 7.25. The monoisotopic (exact) mass is 360 g/mol. The third-order valence-electron chi connectivity index (χ3n) is 6.87. The Bertz CT molecular complexity index is 797. The van der Waals surface area contributed by atoms with Gasteiger partial charge in [-0.25, -0.2) is 13.2 Å². The number of aryl methyl sites for hydroxylation is 1. The van der Waals surface area contributed by atoms with Gasteiger partial charge < -0.3 is 0 Å². The quantitative estimate of drug-likeness (QED) is 0.523. The highest BCUT2D eigenvalue weighted by molar-refractivity contribution is 5.85. The lowest BCUT2D eigenvalue weighted by Crippen LogP contribution is -2.23. The van der Waals surface area contributed by atoms with Gasteiger partial charge >= 0.3 is 0 Å². The molecule has 0 spiro atoms. The number of halogens is 3. The van der Waals surface area contributed by atoms with Crippen molar-refractivity contribution in [2.24, 2.45) is 11.8 Å². The summed E-state index contributed by atoms with van der Waals surface area (Å²) in [6.07, 6.45) is 10.8. The third-order valence-corrected chi connectivity index (χ3v) is 6.87. The first kappa shape index (κ1) is 17.9. The fourth-order valence-electron chi connectivity index (χ4n) is 5.31. The van der Waals surface area contributed by atoms with Crippen molar-refractivity contribution in [3.05, 3.63) is 46.8 Å². The summed E-state index contributed by atoms with van der Waals surface area (Å²) in [6.45, 7) is 1.58. The van der Waals surface area contributed by atoms with E-state index in [2.05, 4.69) is 0 Å². The Labute approximate surface area is 153 Å². The molecule has 0 bridgehead atoms. The predicted molar refractivity (Wildman–Crippen MR) is 99.8 cm³/mol. The van der Waals surface area contributed by atoms with Crippen LogP contribution < -0.4 is 0 Å². The first-order valence-corrected chi connectivity index (χ1v) is 10.1. The van der Waals surface area contributed by atoms with Gasteiger partial charge in [-0.15, -0.1) is 0 Å². The first-order chi connectivity index (χ1) is 12.6. The topological polar surface area (TPSA) is 0 Å². The molecular weight excluding hydrogens is 333 g/mol. The van der Waals surface area contributed by atoms with Gasteiger partial charge in [0.05, 0.1) is 5.39 Å². The summed E-state index contributed by atoms with van der Waals surface area (Å²) in [5.41, 5.74) is 0.789. The van der Waals surface area contributed by atoms with Crippen LogP contribution in [0.3, 0.4) is 0 Å². The summed E-state index contributed by atoms with van der Waals surface area (Å²) in [7, 11) is 0. The van der Waals surface area contributed by atoms with Crippen molar-refractivity contribution in [3.8, 4) is 0 Å². The van der Waals surface area contributed by atoms with E-state index in [4.69, 9.17) is 0 Å². The Hall–Kier alpha value is -1.51. The van der Waals surface area contributed by atoms with Crippen LogP contribution in [0.1, 0.15) is 74.8 Å². The van der Waals surface area contributed by atoms with Crippen molar-refractivity contribution in [1.82, 2.24) is 0 Å². The second-order valence-electron chi connectivity index (χ2n) is 8.40. The maximum atomic E-state index is 14.7. The minimum atomic E-state index is -1.02. The third kappa shape index (κ3) is 3.14. The standard InChI is InChI=1S/C23H27F3/c1-14-7-8-18-13-19(22(25)23(26)20(18)21(14)24)17-11-9-16(10-12-17)15-5-3-2-4-6-15/h7-8,13,15-17H,2-6,9-12H2,1H3. The second-order valence-corrected chi connectivity index (χ2v) is 8.40. The molecule has 0 nitrogen and oxygen atoms in total. The van der Waals surface area contributed by atoms with Crippen LogP contribution in [0, 0.1) is 36.2 Å². The highest BCUT2D eigenvalue weighted by Gasteiger charge is 2.31. The van der Waals surface area contributed by atoms with E-state index in [1.807, 2.05) is 0 Å². The van der Waals surface area contributed by atoms with Gasteiger partial charge in [0.15, 0.2) is 11.6 Å². The summed E-state index contributed by atoms with van der Waals surface area (Å²) in [5, 5.41) is 0.263. The summed E-state index contributed by atoms with van der Waals surface area (Å²) < 4.78 is 43.6. The molecule has 2 aliphatic rings. The summed E-state index contributed by atoms with van der Waals surface area (Å²) in [6, 6.07) is 5.02. The van der Waals surface area contributed by atoms with Crippen LogP contribution >= 0.6 is 0 Å². The van der Waals surface area contributed by atoms with Crippen LogP contribution in [0.4, 0.5) is 13.2 Å². The van der Waals surface area contributed by atoms with Crippen molar-refractivity contribution in [3.63, 3.8) is 0 Å². The average Bonchev–Trinajstić information content (AvgIpc) is 2.68. The zero-order valence-corrected chi connectivity index (χ0v) is 15.5. The van der Waals surface area contributed by atoms with E-state index in [0.717, 1.165) is 37.5 Å². The van der Waals surface area contributed by atoms with E-state index in [1.165, 1.54) is 32.1 Å². The zero-order valence-electron chi connectivity index (χ0n) is 15.5. The smallest absolute Gasteiger partial charge is 0.169 e. The molecule has 4 rings (SSSR count). The Balaban J connectivity index is 1.58. The van der Waals surface area contributed by atoms with E-state index in [0.29, 0.717) is 16.5 Å². The molecule has 2 fully saturated rings. The Kier molecular flexibility index (Phi) is 4.98. The van der Waals surface area contributed by atoms with Crippen LogP contribution in [-0.2, 0) is 0 Å². The molecule has 0 radical (unpaired) electrons. The van der Waals surface area contributed by atoms with E-state index >= 15 is 0 Å². The lowest BCUT2D eigenvalue weighted by Gasteiger charge is -2.36. The van der Waals surface area contributed by atoms with E-state index in [1.54, 1.807) is 25.1 Å². The molecule has 0 amide bonds. The molecule has 2 saturated carbocycles.